The van der Waals surface area contributed by atoms with Gasteiger partial charge < -0.3 is 18.9 Å². The number of halogens is 1. The van der Waals surface area contributed by atoms with Gasteiger partial charge in [-0.25, -0.2) is 0 Å². The molecule has 0 heterocycles. The number of ether oxygens (including phenoxy) is 4. The largest absolute Gasteiger partial charge is 0.493 e. The smallest absolute Gasteiger partial charge is 0.306 e. The molecule has 2 aromatic rings. The molecule has 2 aromatic carbocycles. The average Bonchev–Trinajstić information content (AvgIpc) is 2.81. The van der Waals surface area contributed by atoms with Crippen molar-refractivity contribution in [3.8, 4) is 11.5 Å². The normalized spacial score (nSPS) is 12.9. The molecular weight excluding hydrogens is 476 g/mol. The molecule has 0 aromatic heterocycles. The zero-order chi connectivity index (χ0) is 28.8. The van der Waals surface area contributed by atoms with E-state index < -0.39 is 70.2 Å². The van der Waals surface area contributed by atoms with Crippen LogP contribution in [0.3, 0.4) is 0 Å². The van der Waals surface area contributed by atoms with E-state index >= 15 is 0 Å². The minimum absolute atomic E-state index is 0.0284. The van der Waals surface area contributed by atoms with Crippen LogP contribution in [-0.4, -0.2) is 36.0 Å². The molecular formula is C21H21ClN2O10. The van der Waals surface area contributed by atoms with Crippen molar-refractivity contribution in [2.24, 2.45) is 0 Å². The summed E-state index contributed by atoms with van der Waals surface area (Å²) in [6.45, 7) is -5.86. The van der Waals surface area contributed by atoms with Crippen LogP contribution in [0.4, 0.5) is 11.4 Å². The van der Waals surface area contributed by atoms with Crippen LogP contribution in [0.1, 0.15) is 35.9 Å². The van der Waals surface area contributed by atoms with Gasteiger partial charge in [0, 0.05) is 23.9 Å². The van der Waals surface area contributed by atoms with E-state index in [-0.39, 0.29) is 22.9 Å². The van der Waals surface area contributed by atoms with Gasteiger partial charge >= 0.3 is 11.9 Å². The van der Waals surface area contributed by atoms with Gasteiger partial charge in [-0.3, -0.25) is 29.8 Å². The lowest BCUT2D eigenvalue weighted by Crippen LogP contribution is -2.09. The minimum atomic E-state index is -2.97. The SMILES string of the molecule is [2H]C([2H])(OC(=O)CCCC(=O)OC([2H])([2H])c1cc(OC)c(OC)cc1[N+](=O)[O-])c1ccc(Cl)cc1[N+](=O)[O-]. The van der Waals surface area contributed by atoms with E-state index in [9.17, 15) is 29.8 Å². The number of nitro benzene ring substituents is 2. The summed E-state index contributed by atoms with van der Waals surface area (Å²) in [5.74, 6) is -2.41. The molecule has 0 aliphatic rings. The first-order chi connectivity index (χ1) is 17.6. The van der Waals surface area contributed by atoms with Crippen molar-refractivity contribution in [3.05, 3.63) is 66.7 Å². The van der Waals surface area contributed by atoms with Crippen molar-refractivity contribution in [2.75, 3.05) is 14.2 Å². The molecule has 0 unspecified atom stereocenters. The molecule has 0 fully saturated rings. The highest BCUT2D eigenvalue weighted by Crippen LogP contribution is 2.34. The van der Waals surface area contributed by atoms with Crippen LogP contribution >= 0.6 is 11.6 Å². The van der Waals surface area contributed by atoms with Crippen LogP contribution in [0, 0.1) is 20.2 Å². The van der Waals surface area contributed by atoms with Gasteiger partial charge in [0.15, 0.2) is 11.5 Å². The highest BCUT2D eigenvalue weighted by atomic mass is 35.5. The Morgan fingerprint density at radius 2 is 1.38 bits per heavy atom. The number of hydrogen-bond acceptors (Lipinski definition) is 10. The van der Waals surface area contributed by atoms with Crippen molar-refractivity contribution in [2.45, 2.75) is 32.4 Å². The second kappa shape index (κ2) is 12.3. The van der Waals surface area contributed by atoms with Gasteiger partial charge in [0.1, 0.15) is 13.1 Å². The number of carbonyl (C=O) groups is 2. The summed E-state index contributed by atoms with van der Waals surface area (Å²) >= 11 is 5.70. The summed E-state index contributed by atoms with van der Waals surface area (Å²) in [5, 5.41) is 22.6. The first-order valence-corrected chi connectivity index (χ1v) is 9.79. The molecule has 0 bridgehead atoms. The van der Waals surface area contributed by atoms with E-state index in [0.29, 0.717) is 0 Å². The van der Waals surface area contributed by atoms with Crippen molar-refractivity contribution in [1.29, 1.82) is 0 Å². The number of carbonyl (C=O) groups excluding carboxylic acids is 2. The molecule has 0 N–H and O–H groups in total. The lowest BCUT2D eigenvalue weighted by atomic mass is 10.1. The van der Waals surface area contributed by atoms with Crippen LogP contribution < -0.4 is 9.47 Å². The third-order valence-corrected chi connectivity index (χ3v) is 4.40. The fourth-order valence-corrected chi connectivity index (χ4v) is 2.71. The second-order valence-electron chi connectivity index (χ2n) is 6.41. The molecule has 13 heteroatoms. The molecule has 34 heavy (non-hydrogen) atoms. The van der Waals surface area contributed by atoms with Crippen LogP contribution in [0.5, 0.6) is 11.5 Å². The number of hydrogen-bond donors (Lipinski definition) is 0. The van der Waals surface area contributed by atoms with Gasteiger partial charge in [-0.15, -0.1) is 0 Å². The monoisotopic (exact) mass is 500 g/mol. The maximum Gasteiger partial charge on any atom is 0.306 e. The van der Waals surface area contributed by atoms with Gasteiger partial charge in [-0.05, 0) is 24.6 Å². The molecule has 0 spiro atoms. The quantitative estimate of drug-likeness (QED) is 0.235. The zero-order valence-electron chi connectivity index (χ0n) is 21.9. The first kappa shape index (κ1) is 20.7. The Balaban J connectivity index is 2.05. The lowest BCUT2D eigenvalue weighted by molar-refractivity contribution is -0.386. The number of esters is 2. The molecule has 0 saturated heterocycles. The Morgan fingerprint density at radius 3 is 1.91 bits per heavy atom. The van der Waals surface area contributed by atoms with Crippen LogP contribution in [0.25, 0.3) is 0 Å². The van der Waals surface area contributed by atoms with Gasteiger partial charge in [0.05, 0.1) is 46.7 Å². The Hall–Kier alpha value is -3.93. The fourth-order valence-electron chi connectivity index (χ4n) is 2.55. The molecule has 0 aliphatic heterocycles. The van der Waals surface area contributed by atoms with Crippen molar-refractivity contribution >= 4 is 34.9 Å². The molecule has 0 saturated carbocycles. The molecule has 0 atom stereocenters. The summed E-state index contributed by atoms with van der Waals surface area (Å²) < 4.78 is 51.4. The van der Waals surface area contributed by atoms with Crippen molar-refractivity contribution in [3.63, 3.8) is 0 Å². The molecule has 0 aliphatic carbocycles. The van der Waals surface area contributed by atoms with Gasteiger partial charge in [0.25, 0.3) is 11.4 Å². The molecule has 0 amide bonds. The second-order valence-corrected chi connectivity index (χ2v) is 6.84. The molecule has 0 radical (unpaired) electrons. The molecule has 12 nitrogen and oxygen atoms in total. The van der Waals surface area contributed by atoms with E-state index in [1.54, 1.807) is 0 Å². The lowest BCUT2D eigenvalue weighted by Gasteiger charge is -2.11. The van der Waals surface area contributed by atoms with Gasteiger partial charge in [-0.1, -0.05) is 11.6 Å². The third-order valence-electron chi connectivity index (χ3n) is 4.17. The maximum absolute atomic E-state index is 12.2. The Morgan fingerprint density at radius 1 is 0.882 bits per heavy atom. The highest BCUT2D eigenvalue weighted by molar-refractivity contribution is 6.30. The van der Waals surface area contributed by atoms with Gasteiger partial charge in [0.2, 0.25) is 0 Å². The van der Waals surface area contributed by atoms with E-state index in [1.165, 1.54) is 20.3 Å². The summed E-state index contributed by atoms with van der Waals surface area (Å²) in [6, 6.07) is 4.95. The molecule has 182 valence electrons. The number of benzene rings is 2. The van der Waals surface area contributed by atoms with E-state index in [2.05, 4.69) is 0 Å². The van der Waals surface area contributed by atoms with E-state index in [1.807, 2.05) is 0 Å². The third kappa shape index (κ3) is 7.30. The summed E-state index contributed by atoms with van der Waals surface area (Å²) in [6.07, 6.45) is -1.35. The van der Waals surface area contributed by atoms with E-state index in [0.717, 1.165) is 24.3 Å². The summed E-state index contributed by atoms with van der Waals surface area (Å²) in [4.78, 5) is 45.2. The topological polar surface area (TPSA) is 157 Å². The van der Waals surface area contributed by atoms with Crippen molar-refractivity contribution < 1.29 is 43.9 Å². The van der Waals surface area contributed by atoms with Crippen LogP contribution in [0.15, 0.2) is 30.3 Å². The number of methoxy groups -OCH3 is 2. The fraction of sp³-hybridized carbons (Fsp3) is 0.333. The molecule has 2 rings (SSSR count). The van der Waals surface area contributed by atoms with Crippen LogP contribution in [-0.2, 0) is 32.2 Å². The van der Waals surface area contributed by atoms with Crippen molar-refractivity contribution in [1.82, 2.24) is 0 Å². The first-order valence-electron chi connectivity index (χ1n) is 11.4. The van der Waals surface area contributed by atoms with Gasteiger partial charge in [-0.2, -0.15) is 0 Å². The Bertz CT molecular complexity index is 1260. The number of nitro groups is 2. The number of nitrogens with zero attached hydrogens (tertiary/aromatic N) is 2. The highest BCUT2D eigenvalue weighted by Gasteiger charge is 2.21. The Kier molecular flexibility index (Phi) is 7.50. The summed E-state index contributed by atoms with van der Waals surface area (Å²) in [7, 11) is 2.45. The van der Waals surface area contributed by atoms with Crippen LogP contribution in [0.2, 0.25) is 5.02 Å². The Labute approximate surface area is 204 Å². The predicted octanol–water partition coefficient (Wildman–Crippen LogP) is 4.13. The number of rotatable bonds is 12. The maximum atomic E-state index is 12.2. The average molecular weight is 501 g/mol. The summed E-state index contributed by atoms with van der Waals surface area (Å²) in [5.41, 5.74) is -2.61. The predicted molar refractivity (Wildman–Crippen MR) is 118 cm³/mol. The zero-order valence-corrected chi connectivity index (χ0v) is 18.6. The standard InChI is InChI=1S/C21H21ClN2O10/c1-31-18-8-14(17(24(29)30)10-19(18)32-2)12-34-21(26)5-3-4-20(25)33-11-13-6-7-15(22)9-16(13)23(27)28/h6-10H,3-5,11-12H2,1-2H3/i11D2,12D2. The minimum Gasteiger partial charge on any atom is -0.493 e. The van der Waals surface area contributed by atoms with E-state index in [4.69, 9.17) is 36.0 Å².